The highest BCUT2D eigenvalue weighted by atomic mass is 16.6. The third-order valence-electron chi connectivity index (χ3n) is 4.18. The van der Waals surface area contributed by atoms with Crippen molar-refractivity contribution >= 4 is 17.1 Å². The van der Waals surface area contributed by atoms with Gasteiger partial charge < -0.3 is 15.2 Å². The van der Waals surface area contributed by atoms with E-state index in [9.17, 15) is 10.1 Å². The molecule has 1 aromatic heterocycles. The summed E-state index contributed by atoms with van der Waals surface area (Å²) in [6.45, 7) is 1.51. The molecule has 116 valence electrons. The molecule has 0 radical (unpaired) electrons. The number of piperidine rings is 1. The van der Waals surface area contributed by atoms with E-state index in [0.29, 0.717) is 11.4 Å². The molecule has 1 saturated heterocycles. The average molecular weight is 301 g/mol. The molecule has 2 heterocycles. The third-order valence-corrected chi connectivity index (χ3v) is 4.18. The molecule has 1 unspecified atom stereocenters. The maximum Gasteiger partial charge on any atom is 0.292 e. The summed E-state index contributed by atoms with van der Waals surface area (Å²) < 4.78 is 2.02. The van der Waals surface area contributed by atoms with Gasteiger partial charge in [-0.05, 0) is 25.0 Å². The smallest absolute Gasteiger partial charge is 0.292 e. The summed E-state index contributed by atoms with van der Waals surface area (Å²) in [7, 11) is 1.98. The summed E-state index contributed by atoms with van der Waals surface area (Å²) in [6.07, 6.45) is 5.73. The lowest BCUT2D eigenvalue weighted by atomic mass is 9.96. The third kappa shape index (κ3) is 2.61. The molecule has 22 heavy (non-hydrogen) atoms. The second kappa shape index (κ2) is 5.67. The summed E-state index contributed by atoms with van der Waals surface area (Å²) in [5.41, 5.74) is 7.07. The summed E-state index contributed by atoms with van der Waals surface area (Å²) >= 11 is 0. The highest BCUT2D eigenvalue weighted by molar-refractivity contribution is 5.69. The van der Waals surface area contributed by atoms with E-state index in [2.05, 4.69) is 9.88 Å². The number of imidazole rings is 1. The van der Waals surface area contributed by atoms with Crippen LogP contribution in [0.5, 0.6) is 0 Å². The number of aryl methyl sites for hydroxylation is 1. The van der Waals surface area contributed by atoms with Crippen LogP contribution in [0.3, 0.4) is 0 Å². The minimum Gasteiger partial charge on any atom is -0.399 e. The molecule has 0 bridgehead atoms. The highest BCUT2D eigenvalue weighted by Gasteiger charge is 2.28. The molecular weight excluding hydrogens is 282 g/mol. The summed E-state index contributed by atoms with van der Waals surface area (Å²) in [4.78, 5) is 17.4. The molecule has 7 heteroatoms. The number of aromatic nitrogens is 2. The van der Waals surface area contributed by atoms with Gasteiger partial charge in [-0.3, -0.25) is 10.1 Å². The van der Waals surface area contributed by atoms with Crippen molar-refractivity contribution in [1.82, 2.24) is 9.55 Å². The van der Waals surface area contributed by atoms with Crippen molar-refractivity contribution in [1.29, 1.82) is 0 Å². The number of nitrogens with zero attached hydrogens (tertiary/aromatic N) is 4. The van der Waals surface area contributed by atoms with Gasteiger partial charge in [0.2, 0.25) is 0 Å². The Bertz CT molecular complexity index is 697. The molecule has 1 aromatic carbocycles. The van der Waals surface area contributed by atoms with Gasteiger partial charge in [0.1, 0.15) is 11.5 Å². The van der Waals surface area contributed by atoms with Gasteiger partial charge in [0, 0.05) is 50.2 Å². The Morgan fingerprint density at radius 3 is 2.95 bits per heavy atom. The minimum absolute atomic E-state index is 0.106. The van der Waals surface area contributed by atoms with E-state index in [0.717, 1.165) is 31.8 Å². The first-order valence-corrected chi connectivity index (χ1v) is 7.32. The van der Waals surface area contributed by atoms with Crippen LogP contribution in [0.25, 0.3) is 0 Å². The number of hydrogen-bond donors (Lipinski definition) is 1. The Kier molecular flexibility index (Phi) is 3.70. The molecular formula is C15H19N5O2. The Morgan fingerprint density at radius 1 is 1.45 bits per heavy atom. The molecule has 2 N–H and O–H groups in total. The summed E-state index contributed by atoms with van der Waals surface area (Å²) in [6, 6.07) is 4.75. The highest BCUT2D eigenvalue weighted by Crippen LogP contribution is 2.35. The van der Waals surface area contributed by atoms with E-state index in [4.69, 9.17) is 5.73 Å². The standard InChI is InChI=1S/C15H19N5O2/c1-18-8-6-17-15(18)11-3-2-7-19(10-11)14-9-12(16)4-5-13(14)20(21)22/h4-6,8-9,11H,2-3,7,10,16H2,1H3. The molecule has 0 amide bonds. The monoisotopic (exact) mass is 301 g/mol. The van der Waals surface area contributed by atoms with Gasteiger partial charge in [-0.15, -0.1) is 0 Å². The first kappa shape index (κ1) is 14.4. The zero-order chi connectivity index (χ0) is 15.7. The van der Waals surface area contributed by atoms with Gasteiger partial charge in [-0.2, -0.15) is 0 Å². The van der Waals surface area contributed by atoms with Gasteiger partial charge in [0.15, 0.2) is 0 Å². The van der Waals surface area contributed by atoms with Crippen LogP contribution in [0, 0.1) is 10.1 Å². The molecule has 7 nitrogen and oxygen atoms in total. The van der Waals surface area contributed by atoms with Crippen LogP contribution in [-0.2, 0) is 7.05 Å². The normalized spacial score (nSPS) is 18.4. The second-order valence-corrected chi connectivity index (χ2v) is 5.69. The van der Waals surface area contributed by atoms with Crippen LogP contribution in [0.1, 0.15) is 24.6 Å². The fourth-order valence-electron chi connectivity index (χ4n) is 3.13. The molecule has 1 fully saturated rings. The van der Waals surface area contributed by atoms with Crippen LogP contribution < -0.4 is 10.6 Å². The number of rotatable bonds is 3. The maximum atomic E-state index is 11.3. The molecule has 0 saturated carbocycles. The molecule has 3 rings (SSSR count). The predicted octanol–water partition coefficient (Wildman–Crippen LogP) is 2.29. The molecule has 1 aliphatic heterocycles. The van der Waals surface area contributed by atoms with Gasteiger partial charge in [-0.1, -0.05) is 0 Å². The molecule has 1 atom stereocenters. The van der Waals surface area contributed by atoms with Crippen molar-refractivity contribution < 1.29 is 4.92 Å². The molecule has 2 aromatic rings. The molecule has 0 aliphatic carbocycles. The van der Waals surface area contributed by atoms with Crippen molar-refractivity contribution in [3.05, 3.63) is 46.5 Å². The SMILES string of the molecule is Cn1ccnc1C1CCCN(c2cc(N)ccc2[N+](=O)[O-])C1. The Labute approximate surface area is 128 Å². The number of benzene rings is 1. The maximum absolute atomic E-state index is 11.3. The van der Waals surface area contributed by atoms with Crippen LogP contribution in [0.4, 0.5) is 17.1 Å². The lowest BCUT2D eigenvalue weighted by molar-refractivity contribution is -0.384. The Morgan fingerprint density at radius 2 is 2.27 bits per heavy atom. The van der Waals surface area contributed by atoms with Crippen LogP contribution >= 0.6 is 0 Å². The molecule has 0 spiro atoms. The lowest BCUT2D eigenvalue weighted by Crippen LogP contribution is -2.35. The van der Waals surface area contributed by atoms with Gasteiger partial charge in [0.05, 0.1) is 4.92 Å². The lowest BCUT2D eigenvalue weighted by Gasteiger charge is -2.33. The minimum atomic E-state index is -0.348. The number of nitrogen functional groups attached to an aromatic ring is 1. The summed E-state index contributed by atoms with van der Waals surface area (Å²) in [5.74, 6) is 1.30. The van der Waals surface area contributed by atoms with Crippen LogP contribution in [-0.4, -0.2) is 27.6 Å². The Balaban J connectivity index is 1.91. The number of hydrogen-bond acceptors (Lipinski definition) is 5. The first-order chi connectivity index (χ1) is 10.6. The number of nitro benzene ring substituents is 1. The largest absolute Gasteiger partial charge is 0.399 e. The van der Waals surface area contributed by atoms with Crippen LogP contribution in [0.2, 0.25) is 0 Å². The number of anilines is 2. The van der Waals surface area contributed by atoms with E-state index in [1.807, 2.05) is 17.8 Å². The fraction of sp³-hybridized carbons (Fsp3) is 0.400. The van der Waals surface area contributed by atoms with Crippen LogP contribution in [0.15, 0.2) is 30.6 Å². The van der Waals surface area contributed by atoms with Crippen molar-refractivity contribution in [3.8, 4) is 0 Å². The fourth-order valence-corrected chi connectivity index (χ4v) is 3.13. The van der Waals surface area contributed by atoms with Crippen molar-refractivity contribution in [3.63, 3.8) is 0 Å². The summed E-state index contributed by atoms with van der Waals surface area (Å²) in [5, 5.41) is 11.3. The van der Waals surface area contributed by atoms with Crippen molar-refractivity contribution in [2.75, 3.05) is 23.7 Å². The van der Waals surface area contributed by atoms with Gasteiger partial charge >= 0.3 is 0 Å². The average Bonchev–Trinajstić information content (AvgIpc) is 2.93. The topological polar surface area (TPSA) is 90.2 Å². The van der Waals surface area contributed by atoms with E-state index >= 15 is 0 Å². The zero-order valence-electron chi connectivity index (χ0n) is 12.5. The number of nitro groups is 1. The van der Waals surface area contributed by atoms with Gasteiger partial charge in [0.25, 0.3) is 5.69 Å². The van der Waals surface area contributed by atoms with E-state index in [1.165, 1.54) is 6.07 Å². The van der Waals surface area contributed by atoms with Crippen molar-refractivity contribution in [2.45, 2.75) is 18.8 Å². The Hall–Kier alpha value is -2.57. The first-order valence-electron chi connectivity index (χ1n) is 7.32. The van der Waals surface area contributed by atoms with E-state index in [1.54, 1.807) is 18.3 Å². The zero-order valence-corrected chi connectivity index (χ0v) is 12.5. The predicted molar refractivity (Wildman–Crippen MR) is 84.9 cm³/mol. The van der Waals surface area contributed by atoms with E-state index in [-0.39, 0.29) is 16.5 Å². The number of nitrogens with two attached hydrogens (primary N) is 1. The second-order valence-electron chi connectivity index (χ2n) is 5.69. The quantitative estimate of drug-likeness (QED) is 0.533. The van der Waals surface area contributed by atoms with Crippen molar-refractivity contribution in [2.24, 2.45) is 7.05 Å². The van der Waals surface area contributed by atoms with Gasteiger partial charge in [-0.25, -0.2) is 4.98 Å². The molecule has 1 aliphatic rings. The van der Waals surface area contributed by atoms with E-state index < -0.39 is 0 Å².